The van der Waals surface area contributed by atoms with Crippen LogP contribution < -0.4 is 0 Å². The number of unbranched alkanes of at least 4 members (excludes halogenated alkanes) is 1. The highest BCUT2D eigenvalue weighted by Gasteiger charge is 2.41. The summed E-state index contributed by atoms with van der Waals surface area (Å²) in [6.07, 6.45) is 6.00. The van der Waals surface area contributed by atoms with Crippen LogP contribution in [-0.2, 0) is 23.4 Å². The zero-order chi connectivity index (χ0) is 25.1. The Bertz CT molecular complexity index is 1410. The molecule has 1 atom stereocenters. The predicted molar refractivity (Wildman–Crippen MR) is 141 cm³/mol. The fourth-order valence-corrected chi connectivity index (χ4v) is 5.45. The number of benzene rings is 3. The van der Waals surface area contributed by atoms with E-state index in [0.717, 1.165) is 66.0 Å². The number of nitrogens with zero attached hydrogens (tertiary/aromatic N) is 2. The van der Waals surface area contributed by atoms with Crippen LogP contribution in [0.3, 0.4) is 0 Å². The van der Waals surface area contributed by atoms with Crippen LogP contribution in [0.2, 0.25) is 5.02 Å². The molecule has 0 spiro atoms. The van der Waals surface area contributed by atoms with Gasteiger partial charge < -0.3 is 14.6 Å². The monoisotopic (exact) mass is 501 g/mol. The molecule has 4 aromatic rings. The van der Waals surface area contributed by atoms with Gasteiger partial charge >= 0.3 is 0 Å². The van der Waals surface area contributed by atoms with E-state index >= 15 is 0 Å². The Balaban J connectivity index is 1.23. The summed E-state index contributed by atoms with van der Waals surface area (Å²) >= 11 is 6.19. The second kappa shape index (κ2) is 10.4. The van der Waals surface area contributed by atoms with Crippen molar-refractivity contribution >= 4 is 22.5 Å². The summed E-state index contributed by atoms with van der Waals surface area (Å²) in [5, 5.41) is 11.3. The number of hydrogen-bond donors (Lipinski definition) is 1. The standard InChI is InChI=1S/C30H29ClFN3O/c1-35(14-3-2-4-22-19-34-29-12-8-25(31)17-27(22)29)15-13-30(24-6-9-26(32)10-7-24)28-11-5-21(18-33)16-23(28)20-36-30/h5-12,16-17,19,34H,2-4,13-15,20H2,1H3. The SMILES string of the molecule is CN(CCCCc1c[nH]c2ccc(Cl)cc12)CCC1(c2ccc(F)cc2)OCc2cc(C#N)ccc21. The average molecular weight is 502 g/mol. The summed E-state index contributed by atoms with van der Waals surface area (Å²) in [5.41, 5.74) is 5.45. The fourth-order valence-electron chi connectivity index (χ4n) is 5.28. The van der Waals surface area contributed by atoms with E-state index in [0.29, 0.717) is 12.2 Å². The van der Waals surface area contributed by atoms with Gasteiger partial charge in [0.2, 0.25) is 0 Å². The lowest BCUT2D eigenvalue weighted by Gasteiger charge is -2.32. The van der Waals surface area contributed by atoms with E-state index in [1.165, 1.54) is 23.1 Å². The highest BCUT2D eigenvalue weighted by molar-refractivity contribution is 6.31. The summed E-state index contributed by atoms with van der Waals surface area (Å²) in [5.74, 6) is -0.262. The van der Waals surface area contributed by atoms with Crippen LogP contribution in [0.5, 0.6) is 0 Å². The van der Waals surface area contributed by atoms with Crippen molar-refractivity contribution in [2.45, 2.75) is 37.9 Å². The molecule has 1 aliphatic rings. The molecule has 3 aromatic carbocycles. The van der Waals surface area contributed by atoms with Crippen molar-refractivity contribution in [2.24, 2.45) is 0 Å². The highest BCUT2D eigenvalue weighted by atomic mass is 35.5. The minimum atomic E-state index is -0.644. The van der Waals surface area contributed by atoms with Gasteiger partial charge in [0.1, 0.15) is 11.4 Å². The molecule has 1 unspecified atom stereocenters. The molecule has 0 bridgehead atoms. The first kappa shape index (κ1) is 24.5. The van der Waals surface area contributed by atoms with E-state index in [4.69, 9.17) is 16.3 Å². The largest absolute Gasteiger partial charge is 0.361 e. The molecule has 5 rings (SSSR count). The van der Waals surface area contributed by atoms with Crippen molar-refractivity contribution in [3.8, 4) is 6.07 Å². The van der Waals surface area contributed by atoms with Crippen molar-refractivity contribution in [3.05, 3.63) is 106 Å². The average Bonchev–Trinajstić information content (AvgIpc) is 3.47. The number of aromatic amines is 1. The molecule has 0 saturated carbocycles. The molecule has 2 heterocycles. The molecule has 0 radical (unpaired) electrons. The van der Waals surface area contributed by atoms with Gasteiger partial charge in [0.05, 0.1) is 18.2 Å². The summed E-state index contributed by atoms with van der Waals surface area (Å²) in [6.45, 7) is 2.25. The first-order valence-corrected chi connectivity index (χ1v) is 12.7. The number of fused-ring (bicyclic) bond motifs is 2. The maximum absolute atomic E-state index is 13.7. The lowest BCUT2D eigenvalue weighted by Crippen LogP contribution is -2.33. The van der Waals surface area contributed by atoms with Gasteiger partial charge in [-0.3, -0.25) is 0 Å². The highest BCUT2D eigenvalue weighted by Crippen LogP contribution is 2.45. The van der Waals surface area contributed by atoms with Crippen molar-refractivity contribution in [3.63, 3.8) is 0 Å². The Kier molecular flexibility index (Phi) is 7.11. The van der Waals surface area contributed by atoms with Gasteiger partial charge in [0, 0.05) is 28.7 Å². The van der Waals surface area contributed by atoms with Crippen LogP contribution in [-0.4, -0.2) is 30.0 Å². The summed E-state index contributed by atoms with van der Waals surface area (Å²) in [6, 6.07) is 20.5. The van der Waals surface area contributed by atoms with E-state index in [-0.39, 0.29) is 5.82 Å². The number of H-pyrrole nitrogens is 1. The molecule has 0 fully saturated rings. The normalized spacial score (nSPS) is 17.0. The molecule has 1 aromatic heterocycles. The lowest BCUT2D eigenvalue weighted by atomic mass is 9.82. The van der Waals surface area contributed by atoms with Crippen LogP contribution in [0.1, 0.15) is 47.1 Å². The predicted octanol–water partition coefficient (Wildman–Crippen LogP) is 6.95. The van der Waals surface area contributed by atoms with Crippen molar-refractivity contribution in [1.82, 2.24) is 9.88 Å². The molecule has 0 saturated heterocycles. The van der Waals surface area contributed by atoms with E-state index in [1.54, 1.807) is 0 Å². The first-order valence-electron chi connectivity index (χ1n) is 12.4. The van der Waals surface area contributed by atoms with Gasteiger partial charge in [-0.25, -0.2) is 4.39 Å². The van der Waals surface area contributed by atoms with E-state index in [9.17, 15) is 9.65 Å². The minimum Gasteiger partial charge on any atom is -0.361 e. The van der Waals surface area contributed by atoms with Crippen molar-refractivity contribution in [1.29, 1.82) is 5.26 Å². The van der Waals surface area contributed by atoms with E-state index in [2.05, 4.69) is 29.2 Å². The van der Waals surface area contributed by atoms with Crippen LogP contribution >= 0.6 is 11.6 Å². The van der Waals surface area contributed by atoms with Gasteiger partial charge in [0.15, 0.2) is 0 Å². The summed E-state index contributed by atoms with van der Waals surface area (Å²) < 4.78 is 20.1. The fraction of sp³-hybridized carbons (Fsp3) is 0.300. The lowest BCUT2D eigenvalue weighted by molar-refractivity contribution is -0.0167. The molecule has 6 heteroatoms. The number of aromatic nitrogens is 1. The maximum Gasteiger partial charge on any atom is 0.123 e. The molecule has 184 valence electrons. The summed E-state index contributed by atoms with van der Waals surface area (Å²) in [4.78, 5) is 5.67. The topological polar surface area (TPSA) is 52.0 Å². The molecule has 0 aliphatic carbocycles. The molecule has 0 amide bonds. The third-order valence-corrected chi connectivity index (χ3v) is 7.50. The number of aryl methyl sites for hydroxylation is 1. The van der Waals surface area contributed by atoms with Crippen molar-refractivity contribution in [2.75, 3.05) is 20.1 Å². The molecule has 36 heavy (non-hydrogen) atoms. The van der Waals surface area contributed by atoms with Crippen LogP contribution in [0, 0.1) is 17.1 Å². The molecular formula is C30H29ClFN3O. The quantitative estimate of drug-likeness (QED) is 0.252. The smallest absolute Gasteiger partial charge is 0.123 e. The first-order chi connectivity index (χ1) is 17.5. The zero-order valence-corrected chi connectivity index (χ0v) is 21.1. The molecular weight excluding hydrogens is 473 g/mol. The number of hydrogen-bond acceptors (Lipinski definition) is 3. The van der Waals surface area contributed by atoms with Gasteiger partial charge in [-0.05, 0) is 104 Å². The number of ether oxygens (including phenoxy) is 1. The number of nitrogens with one attached hydrogen (secondary N) is 1. The second-order valence-corrected chi connectivity index (χ2v) is 10.1. The third kappa shape index (κ3) is 4.90. The van der Waals surface area contributed by atoms with Gasteiger partial charge in [-0.15, -0.1) is 0 Å². The Morgan fingerprint density at radius 2 is 1.92 bits per heavy atom. The van der Waals surface area contributed by atoms with Gasteiger partial charge in [-0.2, -0.15) is 5.26 Å². The maximum atomic E-state index is 13.7. The summed E-state index contributed by atoms with van der Waals surface area (Å²) in [7, 11) is 2.14. The third-order valence-electron chi connectivity index (χ3n) is 7.27. The molecule has 1 N–H and O–H groups in total. The number of nitriles is 1. The number of halogens is 2. The van der Waals surface area contributed by atoms with Crippen LogP contribution in [0.4, 0.5) is 4.39 Å². The van der Waals surface area contributed by atoms with Crippen LogP contribution in [0.15, 0.2) is 66.9 Å². The molecule has 1 aliphatic heterocycles. The number of rotatable bonds is 9. The van der Waals surface area contributed by atoms with Crippen molar-refractivity contribution < 1.29 is 9.13 Å². The van der Waals surface area contributed by atoms with E-state index < -0.39 is 5.60 Å². The van der Waals surface area contributed by atoms with Gasteiger partial charge in [-0.1, -0.05) is 29.8 Å². The van der Waals surface area contributed by atoms with Crippen LogP contribution in [0.25, 0.3) is 10.9 Å². The Morgan fingerprint density at radius 3 is 2.72 bits per heavy atom. The second-order valence-electron chi connectivity index (χ2n) is 9.62. The Morgan fingerprint density at radius 1 is 1.08 bits per heavy atom. The van der Waals surface area contributed by atoms with Gasteiger partial charge in [0.25, 0.3) is 0 Å². The molecule has 4 nitrogen and oxygen atoms in total. The Hall–Kier alpha value is -3.17. The minimum absolute atomic E-state index is 0.262. The Labute approximate surface area is 216 Å². The zero-order valence-electron chi connectivity index (χ0n) is 20.4. The van der Waals surface area contributed by atoms with E-state index in [1.807, 2.05) is 48.5 Å².